The van der Waals surface area contributed by atoms with Crippen LogP contribution < -0.4 is 11.1 Å². The van der Waals surface area contributed by atoms with Crippen molar-refractivity contribution in [2.75, 3.05) is 0 Å². The molecule has 0 heterocycles. The second-order valence-corrected chi connectivity index (χ2v) is 4.94. The largest absolute Gasteiger partial charge is 0.353 e. The minimum Gasteiger partial charge on any atom is -0.353 e. The Bertz CT molecular complexity index is 217. The topological polar surface area (TPSA) is 55.1 Å². The number of hydrogen-bond acceptors (Lipinski definition) is 2. The molecule has 2 aliphatic rings. The van der Waals surface area contributed by atoms with Crippen LogP contribution in [0.5, 0.6) is 0 Å². The maximum atomic E-state index is 11.6. The van der Waals surface area contributed by atoms with Crippen molar-refractivity contribution in [1.82, 2.24) is 5.32 Å². The molecule has 0 saturated heterocycles. The van der Waals surface area contributed by atoms with Crippen LogP contribution in [0.25, 0.3) is 0 Å². The van der Waals surface area contributed by atoms with Crippen molar-refractivity contribution in [2.45, 2.75) is 62.9 Å². The van der Waals surface area contributed by atoms with E-state index in [0.717, 1.165) is 25.7 Å². The van der Waals surface area contributed by atoms with Gasteiger partial charge in [0.1, 0.15) is 0 Å². The van der Waals surface area contributed by atoms with E-state index in [9.17, 15) is 4.79 Å². The van der Waals surface area contributed by atoms with Crippen molar-refractivity contribution in [3.63, 3.8) is 0 Å². The van der Waals surface area contributed by atoms with E-state index < -0.39 is 0 Å². The summed E-state index contributed by atoms with van der Waals surface area (Å²) in [6, 6.07) is 0.436. The molecule has 2 rings (SSSR count). The second kappa shape index (κ2) is 3.89. The maximum absolute atomic E-state index is 11.6. The third-order valence-electron chi connectivity index (χ3n) is 3.58. The highest BCUT2D eigenvalue weighted by Gasteiger charge is 2.35. The highest BCUT2D eigenvalue weighted by atomic mass is 16.1. The van der Waals surface area contributed by atoms with Gasteiger partial charge in [-0.25, -0.2) is 0 Å². The van der Waals surface area contributed by atoms with Crippen molar-refractivity contribution < 1.29 is 4.79 Å². The number of hydrogen-bond donors (Lipinski definition) is 2. The number of rotatable bonds is 3. The lowest BCUT2D eigenvalue weighted by molar-refractivity contribution is -0.123. The van der Waals surface area contributed by atoms with Crippen LogP contribution in [0.1, 0.15) is 51.4 Å². The zero-order valence-corrected chi connectivity index (χ0v) is 8.72. The monoisotopic (exact) mass is 196 g/mol. The summed E-state index contributed by atoms with van der Waals surface area (Å²) in [5, 5.41) is 3.08. The summed E-state index contributed by atoms with van der Waals surface area (Å²) in [5.41, 5.74) is 5.85. The van der Waals surface area contributed by atoms with Gasteiger partial charge in [-0.1, -0.05) is 12.8 Å². The van der Waals surface area contributed by atoms with Gasteiger partial charge in [-0.05, 0) is 32.1 Å². The fourth-order valence-corrected chi connectivity index (χ4v) is 2.48. The van der Waals surface area contributed by atoms with E-state index in [1.807, 2.05) is 0 Å². The molecule has 0 radical (unpaired) electrons. The molecule has 2 saturated carbocycles. The molecule has 2 fully saturated rings. The zero-order valence-electron chi connectivity index (χ0n) is 8.72. The van der Waals surface area contributed by atoms with Crippen LogP contribution >= 0.6 is 0 Å². The van der Waals surface area contributed by atoms with Crippen LogP contribution in [-0.4, -0.2) is 17.5 Å². The van der Waals surface area contributed by atoms with Gasteiger partial charge in [0.15, 0.2) is 0 Å². The molecule has 3 nitrogen and oxygen atoms in total. The van der Waals surface area contributed by atoms with Crippen molar-refractivity contribution in [3.05, 3.63) is 0 Å². The van der Waals surface area contributed by atoms with Gasteiger partial charge < -0.3 is 11.1 Å². The fourth-order valence-electron chi connectivity index (χ4n) is 2.48. The third kappa shape index (κ3) is 2.27. The Morgan fingerprint density at radius 2 is 1.93 bits per heavy atom. The molecule has 0 spiro atoms. The molecule has 0 aromatic heterocycles. The van der Waals surface area contributed by atoms with Crippen LogP contribution in [0.15, 0.2) is 0 Å². The second-order valence-electron chi connectivity index (χ2n) is 4.94. The van der Waals surface area contributed by atoms with Gasteiger partial charge in [-0.15, -0.1) is 0 Å². The molecule has 14 heavy (non-hydrogen) atoms. The highest BCUT2D eigenvalue weighted by molar-refractivity contribution is 5.77. The van der Waals surface area contributed by atoms with Crippen LogP contribution in [0.2, 0.25) is 0 Å². The normalized spacial score (nSPS) is 25.8. The zero-order chi connectivity index (χ0) is 10.0. The van der Waals surface area contributed by atoms with Gasteiger partial charge in [-0.2, -0.15) is 0 Å². The van der Waals surface area contributed by atoms with E-state index in [4.69, 9.17) is 5.73 Å². The van der Waals surface area contributed by atoms with Gasteiger partial charge in [0.05, 0.1) is 0 Å². The number of amides is 1. The molecule has 0 aliphatic heterocycles. The number of carbonyl (C=O) groups is 1. The molecular formula is C11H20N2O. The first-order valence-electron chi connectivity index (χ1n) is 5.76. The van der Waals surface area contributed by atoms with Gasteiger partial charge in [0.25, 0.3) is 0 Å². The van der Waals surface area contributed by atoms with Crippen molar-refractivity contribution >= 4 is 5.91 Å². The Morgan fingerprint density at radius 3 is 2.43 bits per heavy atom. The van der Waals surface area contributed by atoms with E-state index in [0.29, 0.717) is 12.5 Å². The number of nitrogens with two attached hydrogens (primary N) is 1. The molecule has 0 bridgehead atoms. The van der Waals surface area contributed by atoms with Crippen LogP contribution in [0.3, 0.4) is 0 Å². The summed E-state index contributed by atoms with van der Waals surface area (Å²) in [6.07, 6.45) is 8.59. The highest BCUT2D eigenvalue weighted by Crippen LogP contribution is 2.32. The number of nitrogens with one attached hydrogen (secondary N) is 1. The Balaban J connectivity index is 1.72. The first kappa shape index (κ1) is 9.97. The SMILES string of the molecule is NC1(CC(=O)NC2CCCC2)CCC1. The Labute approximate surface area is 85.4 Å². The third-order valence-corrected chi connectivity index (χ3v) is 3.58. The lowest BCUT2D eigenvalue weighted by Gasteiger charge is -2.37. The van der Waals surface area contributed by atoms with Crippen LogP contribution in [-0.2, 0) is 4.79 Å². The molecular weight excluding hydrogens is 176 g/mol. The molecule has 3 N–H and O–H groups in total. The summed E-state index contributed by atoms with van der Waals surface area (Å²) in [7, 11) is 0. The Morgan fingerprint density at radius 1 is 1.29 bits per heavy atom. The van der Waals surface area contributed by atoms with E-state index >= 15 is 0 Å². The van der Waals surface area contributed by atoms with Gasteiger partial charge >= 0.3 is 0 Å². The summed E-state index contributed by atoms with van der Waals surface area (Å²) in [6.45, 7) is 0. The lowest BCUT2D eigenvalue weighted by atomic mass is 9.75. The summed E-state index contributed by atoms with van der Waals surface area (Å²) < 4.78 is 0. The first-order valence-corrected chi connectivity index (χ1v) is 5.76. The number of carbonyl (C=O) groups excluding carboxylic acids is 1. The van der Waals surface area contributed by atoms with Crippen molar-refractivity contribution in [1.29, 1.82) is 0 Å². The summed E-state index contributed by atoms with van der Waals surface area (Å²) >= 11 is 0. The molecule has 3 heteroatoms. The molecule has 1 amide bonds. The van der Waals surface area contributed by atoms with E-state index in [1.54, 1.807) is 0 Å². The van der Waals surface area contributed by atoms with Crippen molar-refractivity contribution in [2.24, 2.45) is 5.73 Å². The lowest BCUT2D eigenvalue weighted by Crippen LogP contribution is -2.50. The smallest absolute Gasteiger partial charge is 0.222 e. The molecule has 0 unspecified atom stereocenters. The predicted molar refractivity (Wildman–Crippen MR) is 55.8 cm³/mol. The quantitative estimate of drug-likeness (QED) is 0.715. The minimum atomic E-state index is -0.164. The Kier molecular flexibility index (Phi) is 2.77. The average Bonchev–Trinajstić information content (AvgIpc) is 2.53. The molecule has 2 aliphatic carbocycles. The van der Waals surface area contributed by atoms with E-state index in [1.165, 1.54) is 19.3 Å². The Hall–Kier alpha value is -0.570. The molecule has 0 aromatic rings. The fraction of sp³-hybridized carbons (Fsp3) is 0.909. The van der Waals surface area contributed by atoms with Gasteiger partial charge in [-0.3, -0.25) is 4.79 Å². The predicted octanol–water partition coefficient (Wildman–Crippen LogP) is 1.32. The van der Waals surface area contributed by atoms with Crippen molar-refractivity contribution in [3.8, 4) is 0 Å². The maximum Gasteiger partial charge on any atom is 0.222 e. The molecule has 80 valence electrons. The average molecular weight is 196 g/mol. The first-order chi connectivity index (χ1) is 6.68. The van der Waals surface area contributed by atoms with Gasteiger partial charge in [0, 0.05) is 18.0 Å². The minimum absolute atomic E-state index is 0.164. The summed E-state index contributed by atoms with van der Waals surface area (Å²) in [5.74, 6) is 0.166. The van der Waals surface area contributed by atoms with Gasteiger partial charge in [0.2, 0.25) is 5.91 Å². The van der Waals surface area contributed by atoms with Crippen LogP contribution in [0, 0.1) is 0 Å². The summed E-state index contributed by atoms with van der Waals surface area (Å²) in [4.78, 5) is 11.6. The molecule has 0 atom stereocenters. The standard InChI is InChI=1S/C11H20N2O/c12-11(6-3-7-11)8-10(14)13-9-4-1-2-5-9/h9H,1-8,12H2,(H,13,14). The van der Waals surface area contributed by atoms with E-state index in [2.05, 4.69) is 5.32 Å². The van der Waals surface area contributed by atoms with Crippen LogP contribution in [0.4, 0.5) is 0 Å². The molecule has 0 aromatic carbocycles. The van der Waals surface area contributed by atoms with E-state index in [-0.39, 0.29) is 11.4 Å².